The van der Waals surface area contributed by atoms with Gasteiger partial charge in [-0.3, -0.25) is 0 Å². The Hall–Kier alpha value is -0.160. The van der Waals surface area contributed by atoms with Crippen molar-refractivity contribution in [2.45, 2.75) is 44.8 Å². The van der Waals surface area contributed by atoms with Crippen molar-refractivity contribution in [3.05, 3.63) is 0 Å². The summed E-state index contributed by atoms with van der Waals surface area (Å²) in [5.74, 6) is 0. The van der Waals surface area contributed by atoms with Crippen LogP contribution in [-0.4, -0.2) is 62.0 Å². The van der Waals surface area contributed by atoms with Gasteiger partial charge in [0.25, 0.3) is 0 Å². The van der Waals surface area contributed by atoms with Crippen LogP contribution in [0.15, 0.2) is 0 Å². The lowest BCUT2D eigenvalue weighted by molar-refractivity contribution is 0.0114. The highest BCUT2D eigenvalue weighted by molar-refractivity contribution is 4.77. The summed E-state index contributed by atoms with van der Waals surface area (Å²) in [5.41, 5.74) is 0. The number of ether oxygens (including phenoxy) is 1. The van der Waals surface area contributed by atoms with Crippen LogP contribution in [0.5, 0.6) is 0 Å². The van der Waals surface area contributed by atoms with Crippen molar-refractivity contribution in [3.8, 4) is 0 Å². The highest BCUT2D eigenvalue weighted by Gasteiger charge is 2.19. The fraction of sp³-hybridized carbons (Fsp3) is 1.00. The number of piperidine rings is 1. The minimum absolute atomic E-state index is 0.335. The molecule has 1 aliphatic heterocycles. The number of hydrogen-bond acceptors (Lipinski definition) is 4. The normalized spacial score (nSPS) is 20.6. The lowest BCUT2D eigenvalue weighted by atomic mass is 10.1. The SMILES string of the molecule is CCCCOCC(O)CN1CCC(NC)CC1. The first kappa shape index (κ1) is 14.9. The summed E-state index contributed by atoms with van der Waals surface area (Å²) in [6, 6.07) is 0.657. The van der Waals surface area contributed by atoms with E-state index in [1.165, 1.54) is 12.8 Å². The zero-order valence-electron chi connectivity index (χ0n) is 11.3. The Kier molecular flexibility index (Phi) is 7.77. The van der Waals surface area contributed by atoms with Gasteiger partial charge in [0.15, 0.2) is 0 Å². The molecule has 1 aliphatic rings. The maximum atomic E-state index is 9.84. The molecule has 1 atom stereocenters. The summed E-state index contributed by atoms with van der Waals surface area (Å²) in [6.45, 7) is 6.31. The third-order valence-corrected chi connectivity index (χ3v) is 3.42. The Labute approximate surface area is 105 Å². The first-order chi connectivity index (χ1) is 8.26. The van der Waals surface area contributed by atoms with Crippen molar-refractivity contribution in [3.63, 3.8) is 0 Å². The van der Waals surface area contributed by atoms with Crippen LogP contribution in [0.3, 0.4) is 0 Å². The molecule has 1 rings (SSSR count). The number of likely N-dealkylation sites (tertiary alicyclic amines) is 1. The van der Waals surface area contributed by atoms with Gasteiger partial charge in [0.05, 0.1) is 12.7 Å². The summed E-state index contributed by atoms with van der Waals surface area (Å²) >= 11 is 0. The Morgan fingerprint density at radius 2 is 2.12 bits per heavy atom. The number of hydrogen-bond donors (Lipinski definition) is 2. The zero-order valence-corrected chi connectivity index (χ0v) is 11.3. The molecule has 0 spiro atoms. The van der Waals surface area contributed by atoms with Gasteiger partial charge >= 0.3 is 0 Å². The number of nitrogens with one attached hydrogen (secondary N) is 1. The van der Waals surface area contributed by atoms with Gasteiger partial charge < -0.3 is 20.1 Å². The molecule has 0 aromatic heterocycles. The molecule has 1 fully saturated rings. The van der Waals surface area contributed by atoms with Gasteiger partial charge in [0, 0.05) is 19.2 Å². The van der Waals surface area contributed by atoms with Gasteiger partial charge in [-0.2, -0.15) is 0 Å². The molecular weight excluding hydrogens is 216 g/mol. The molecule has 0 saturated carbocycles. The highest BCUT2D eigenvalue weighted by Crippen LogP contribution is 2.10. The van der Waals surface area contributed by atoms with Crippen molar-refractivity contribution in [1.82, 2.24) is 10.2 Å². The molecule has 0 radical (unpaired) electrons. The number of unbranched alkanes of at least 4 members (excludes halogenated alkanes) is 1. The van der Waals surface area contributed by atoms with E-state index in [9.17, 15) is 5.11 Å². The zero-order chi connectivity index (χ0) is 12.5. The Morgan fingerprint density at radius 1 is 1.41 bits per heavy atom. The fourth-order valence-electron chi connectivity index (χ4n) is 2.22. The number of β-amino-alcohol motifs (C(OH)–C–C–N with tert-alkyl or cyclic N) is 1. The number of rotatable bonds is 8. The molecule has 0 aliphatic carbocycles. The van der Waals surface area contributed by atoms with E-state index >= 15 is 0 Å². The van der Waals surface area contributed by atoms with Crippen LogP contribution in [0.1, 0.15) is 32.6 Å². The van der Waals surface area contributed by atoms with Gasteiger partial charge in [-0.25, -0.2) is 0 Å². The molecule has 1 heterocycles. The molecule has 102 valence electrons. The average Bonchev–Trinajstić information content (AvgIpc) is 2.36. The predicted octanol–water partition coefficient (Wildman–Crippen LogP) is 0.848. The van der Waals surface area contributed by atoms with E-state index in [1.807, 2.05) is 7.05 Å². The summed E-state index contributed by atoms with van der Waals surface area (Å²) in [5, 5.41) is 13.2. The second-order valence-corrected chi connectivity index (χ2v) is 4.95. The van der Waals surface area contributed by atoms with Crippen LogP contribution in [-0.2, 0) is 4.74 Å². The van der Waals surface area contributed by atoms with Crippen LogP contribution in [0.4, 0.5) is 0 Å². The summed E-state index contributed by atoms with van der Waals surface area (Å²) in [4.78, 5) is 2.34. The average molecular weight is 244 g/mol. The molecule has 2 N–H and O–H groups in total. The first-order valence-corrected chi connectivity index (χ1v) is 6.91. The lowest BCUT2D eigenvalue weighted by Gasteiger charge is -2.32. The minimum atomic E-state index is -0.335. The fourth-order valence-corrected chi connectivity index (χ4v) is 2.22. The summed E-state index contributed by atoms with van der Waals surface area (Å²) in [7, 11) is 2.02. The Morgan fingerprint density at radius 3 is 2.71 bits per heavy atom. The van der Waals surface area contributed by atoms with Crippen LogP contribution >= 0.6 is 0 Å². The van der Waals surface area contributed by atoms with E-state index in [4.69, 9.17) is 4.74 Å². The monoisotopic (exact) mass is 244 g/mol. The number of aliphatic hydroxyl groups excluding tert-OH is 1. The van der Waals surface area contributed by atoms with E-state index in [1.54, 1.807) is 0 Å². The second-order valence-electron chi connectivity index (χ2n) is 4.95. The predicted molar refractivity (Wildman–Crippen MR) is 70.3 cm³/mol. The number of aliphatic hydroxyl groups is 1. The molecule has 0 aromatic rings. The minimum Gasteiger partial charge on any atom is -0.389 e. The first-order valence-electron chi connectivity index (χ1n) is 6.91. The van der Waals surface area contributed by atoms with Crippen LogP contribution in [0, 0.1) is 0 Å². The molecule has 0 bridgehead atoms. The van der Waals surface area contributed by atoms with Crippen LogP contribution < -0.4 is 5.32 Å². The van der Waals surface area contributed by atoms with E-state index in [-0.39, 0.29) is 6.10 Å². The van der Waals surface area contributed by atoms with Gasteiger partial charge in [-0.05, 0) is 39.4 Å². The Bertz CT molecular complexity index is 182. The third-order valence-electron chi connectivity index (χ3n) is 3.42. The summed E-state index contributed by atoms with van der Waals surface area (Å²) < 4.78 is 5.43. The smallest absolute Gasteiger partial charge is 0.0900 e. The van der Waals surface area contributed by atoms with Crippen LogP contribution in [0.2, 0.25) is 0 Å². The standard InChI is InChI=1S/C13H28N2O2/c1-3-4-9-17-11-13(16)10-15-7-5-12(14-2)6-8-15/h12-14,16H,3-11H2,1-2H3. The van der Waals surface area contributed by atoms with E-state index in [2.05, 4.69) is 17.1 Å². The van der Waals surface area contributed by atoms with Gasteiger partial charge in [0.1, 0.15) is 0 Å². The van der Waals surface area contributed by atoms with E-state index < -0.39 is 0 Å². The molecule has 4 nitrogen and oxygen atoms in total. The largest absolute Gasteiger partial charge is 0.389 e. The van der Waals surface area contributed by atoms with E-state index in [0.29, 0.717) is 12.6 Å². The van der Waals surface area contributed by atoms with Gasteiger partial charge in [-0.15, -0.1) is 0 Å². The van der Waals surface area contributed by atoms with Gasteiger partial charge in [0.2, 0.25) is 0 Å². The van der Waals surface area contributed by atoms with Crippen molar-refractivity contribution in [1.29, 1.82) is 0 Å². The third kappa shape index (κ3) is 6.36. The molecule has 0 aromatic carbocycles. The van der Waals surface area contributed by atoms with Crippen molar-refractivity contribution in [2.75, 3.05) is 39.9 Å². The van der Waals surface area contributed by atoms with Gasteiger partial charge in [-0.1, -0.05) is 13.3 Å². The maximum Gasteiger partial charge on any atom is 0.0900 e. The topological polar surface area (TPSA) is 44.7 Å². The van der Waals surface area contributed by atoms with Crippen molar-refractivity contribution < 1.29 is 9.84 Å². The van der Waals surface area contributed by atoms with Crippen molar-refractivity contribution >= 4 is 0 Å². The van der Waals surface area contributed by atoms with Crippen molar-refractivity contribution in [2.24, 2.45) is 0 Å². The van der Waals surface area contributed by atoms with Crippen LogP contribution in [0.25, 0.3) is 0 Å². The Balaban J connectivity index is 2.04. The maximum absolute atomic E-state index is 9.84. The summed E-state index contributed by atoms with van der Waals surface area (Å²) in [6.07, 6.45) is 4.26. The molecule has 0 amide bonds. The lowest BCUT2D eigenvalue weighted by Crippen LogP contribution is -2.44. The quantitative estimate of drug-likeness (QED) is 0.621. The molecule has 17 heavy (non-hydrogen) atoms. The second kappa shape index (κ2) is 8.86. The molecule has 4 heteroatoms. The molecular formula is C13H28N2O2. The molecule has 1 unspecified atom stereocenters. The highest BCUT2D eigenvalue weighted by atomic mass is 16.5. The molecule has 1 saturated heterocycles. The number of nitrogens with zero attached hydrogens (tertiary/aromatic N) is 1. The van der Waals surface area contributed by atoms with E-state index in [0.717, 1.165) is 39.1 Å².